The van der Waals surface area contributed by atoms with Gasteiger partial charge in [-0.2, -0.15) is 0 Å². The van der Waals surface area contributed by atoms with Crippen LogP contribution in [0.5, 0.6) is 5.75 Å². The second-order valence-corrected chi connectivity index (χ2v) is 4.61. The molecule has 0 aliphatic carbocycles. The molecule has 0 unspecified atom stereocenters. The van der Waals surface area contributed by atoms with E-state index in [9.17, 15) is 4.79 Å². The lowest BCUT2D eigenvalue weighted by Crippen LogP contribution is -2.08. The summed E-state index contributed by atoms with van der Waals surface area (Å²) >= 11 is 3.36. The number of pyridine rings is 1. The molecule has 0 atom stereocenters. The molecular weight excluding hydrogens is 294 g/mol. The Hall–Kier alpha value is -1.68. The number of halogens is 1. The molecule has 0 amide bonds. The second kappa shape index (κ2) is 6.31. The Morgan fingerprint density at radius 2 is 2.11 bits per heavy atom. The molecule has 18 heavy (non-hydrogen) atoms. The molecule has 0 saturated heterocycles. The van der Waals surface area contributed by atoms with Crippen molar-refractivity contribution in [3.05, 3.63) is 58.8 Å². The molecule has 0 saturated carbocycles. The average Bonchev–Trinajstić information content (AvgIpc) is 2.40. The van der Waals surface area contributed by atoms with Gasteiger partial charge in [-0.3, -0.25) is 9.78 Å². The third-order valence-electron chi connectivity index (χ3n) is 2.34. The molecule has 0 spiro atoms. The largest absolute Gasteiger partial charge is 0.493 e. The van der Waals surface area contributed by atoms with Crippen LogP contribution in [0.4, 0.5) is 0 Å². The quantitative estimate of drug-likeness (QED) is 0.794. The lowest BCUT2D eigenvalue weighted by atomic mass is 10.2. The normalized spacial score (nSPS) is 10.1. The molecule has 1 aromatic heterocycles. The van der Waals surface area contributed by atoms with Gasteiger partial charge in [-0.15, -0.1) is 0 Å². The zero-order valence-electron chi connectivity index (χ0n) is 9.67. The van der Waals surface area contributed by atoms with Crippen LogP contribution in [0, 0.1) is 0 Å². The molecule has 3 nitrogen and oxygen atoms in total. The third kappa shape index (κ3) is 3.67. The number of ether oxygens (including phenoxy) is 1. The first-order valence-electron chi connectivity index (χ1n) is 5.58. The van der Waals surface area contributed by atoms with E-state index in [0.717, 1.165) is 10.2 Å². The number of hydrogen-bond acceptors (Lipinski definition) is 3. The van der Waals surface area contributed by atoms with E-state index in [1.165, 1.54) is 0 Å². The Balaban J connectivity index is 1.84. The molecule has 0 aliphatic rings. The molecule has 2 aromatic rings. The van der Waals surface area contributed by atoms with E-state index in [1.807, 2.05) is 24.3 Å². The van der Waals surface area contributed by atoms with Crippen LogP contribution < -0.4 is 4.74 Å². The minimum absolute atomic E-state index is 0.00871. The maximum atomic E-state index is 11.8. The number of hydrogen-bond donors (Lipinski definition) is 0. The highest BCUT2D eigenvalue weighted by Gasteiger charge is 2.06. The Morgan fingerprint density at radius 3 is 2.83 bits per heavy atom. The van der Waals surface area contributed by atoms with E-state index in [4.69, 9.17) is 4.74 Å². The Labute approximate surface area is 114 Å². The maximum Gasteiger partial charge on any atom is 0.184 e. The number of benzene rings is 1. The van der Waals surface area contributed by atoms with E-state index in [2.05, 4.69) is 20.9 Å². The molecule has 0 fully saturated rings. The fourth-order valence-corrected chi connectivity index (χ4v) is 1.85. The van der Waals surface area contributed by atoms with Gasteiger partial charge in [0, 0.05) is 17.1 Å². The number of nitrogens with zero attached hydrogens (tertiary/aromatic N) is 1. The second-order valence-electron chi connectivity index (χ2n) is 3.69. The highest BCUT2D eigenvalue weighted by Crippen LogP contribution is 2.17. The summed E-state index contributed by atoms with van der Waals surface area (Å²) in [5.74, 6) is 0.740. The van der Waals surface area contributed by atoms with Gasteiger partial charge in [0.15, 0.2) is 5.78 Å². The fourth-order valence-electron chi connectivity index (χ4n) is 1.47. The van der Waals surface area contributed by atoms with Crippen LogP contribution in [0.15, 0.2) is 53.1 Å². The van der Waals surface area contributed by atoms with Gasteiger partial charge in [0.1, 0.15) is 11.4 Å². The summed E-state index contributed by atoms with van der Waals surface area (Å²) in [6.07, 6.45) is 1.94. The predicted octanol–water partition coefficient (Wildman–Crippen LogP) is 3.50. The van der Waals surface area contributed by atoms with Gasteiger partial charge < -0.3 is 4.74 Å². The van der Waals surface area contributed by atoms with Crippen molar-refractivity contribution in [1.29, 1.82) is 0 Å². The van der Waals surface area contributed by atoms with E-state index in [0.29, 0.717) is 18.7 Å². The Morgan fingerprint density at radius 1 is 1.22 bits per heavy atom. The average molecular weight is 306 g/mol. The number of carbonyl (C=O) groups is 1. The van der Waals surface area contributed by atoms with Crippen LogP contribution in [0.25, 0.3) is 0 Å². The smallest absolute Gasteiger partial charge is 0.184 e. The molecule has 2 rings (SSSR count). The van der Waals surface area contributed by atoms with E-state index in [-0.39, 0.29) is 5.78 Å². The molecule has 0 aliphatic heterocycles. The number of rotatable bonds is 5. The van der Waals surface area contributed by atoms with Crippen molar-refractivity contribution >= 4 is 21.7 Å². The first-order valence-corrected chi connectivity index (χ1v) is 6.37. The molecule has 1 heterocycles. The van der Waals surface area contributed by atoms with Crippen molar-refractivity contribution in [1.82, 2.24) is 4.98 Å². The van der Waals surface area contributed by atoms with E-state index in [1.54, 1.807) is 24.4 Å². The molecule has 0 radical (unpaired) electrons. The molecular formula is C14H12BrNO2. The van der Waals surface area contributed by atoms with Crippen LogP contribution >= 0.6 is 15.9 Å². The summed E-state index contributed by atoms with van der Waals surface area (Å²) in [6.45, 7) is 0.353. The zero-order valence-corrected chi connectivity index (χ0v) is 11.3. The van der Waals surface area contributed by atoms with Gasteiger partial charge in [0.05, 0.1) is 6.61 Å². The summed E-state index contributed by atoms with van der Waals surface area (Å²) in [4.78, 5) is 15.8. The van der Waals surface area contributed by atoms with Gasteiger partial charge in [-0.05, 0) is 30.3 Å². The van der Waals surface area contributed by atoms with Gasteiger partial charge in [0.2, 0.25) is 0 Å². The number of carbonyl (C=O) groups excluding carboxylic acids is 1. The summed E-state index contributed by atoms with van der Waals surface area (Å²) in [6, 6.07) is 12.8. The fraction of sp³-hybridized carbons (Fsp3) is 0.143. The van der Waals surface area contributed by atoms with Crippen LogP contribution in [0.3, 0.4) is 0 Å². The minimum Gasteiger partial charge on any atom is -0.493 e. The van der Waals surface area contributed by atoms with E-state index < -0.39 is 0 Å². The molecule has 4 heteroatoms. The zero-order chi connectivity index (χ0) is 12.8. The highest BCUT2D eigenvalue weighted by atomic mass is 79.9. The van der Waals surface area contributed by atoms with Gasteiger partial charge in [-0.25, -0.2) is 0 Å². The highest BCUT2D eigenvalue weighted by molar-refractivity contribution is 9.10. The van der Waals surface area contributed by atoms with Crippen molar-refractivity contribution in [3.63, 3.8) is 0 Å². The number of aromatic nitrogens is 1. The summed E-state index contributed by atoms with van der Waals surface area (Å²) in [5.41, 5.74) is 0.482. The standard InChI is InChI=1S/C14H12BrNO2/c15-11-4-3-5-12(10-11)18-9-7-14(17)13-6-1-2-8-16-13/h1-6,8,10H,7,9H2. The first kappa shape index (κ1) is 12.8. The van der Waals surface area contributed by atoms with Crippen molar-refractivity contribution in [3.8, 4) is 5.75 Å². The lowest BCUT2D eigenvalue weighted by molar-refractivity contribution is 0.0957. The summed E-state index contributed by atoms with van der Waals surface area (Å²) in [7, 11) is 0. The predicted molar refractivity (Wildman–Crippen MR) is 72.8 cm³/mol. The lowest BCUT2D eigenvalue weighted by Gasteiger charge is -2.05. The van der Waals surface area contributed by atoms with Crippen LogP contribution in [-0.4, -0.2) is 17.4 Å². The Kier molecular flexibility index (Phi) is 4.47. The number of ketones is 1. The van der Waals surface area contributed by atoms with Gasteiger partial charge >= 0.3 is 0 Å². The summed E-state index contributed by atoms with van der Waals surface area (Å²) in [5, 5.41) is 0. The van der Waals surface area contributed by atoms with Crippen molar-refractivity contribution in [2.75, 3.05) is 6.61 Å². The summed E-state index contributed by atoms with van der Waals surface area (Å²) < 4.78 is 6.46. The number of Topliss-reactive ketones (excluding diaryl/α,β-unsaturated/α-hetero) is 1. The van der Waals surface area contributed by atoms with Crippen molar-refractivity contribution in [2.24, 2.45) is 0 Å². The Bertz CT molecular complexity index is 528. The van der Waals surface area contributed by atoms with Crippen molar-refractivity contribution in [2.45, 2.75) is 6.42 Å². The van der Waals surface area contributed by atoms with Crippen LogP contribution in [-0.2, 0) is 0 Å². The van der Waals surface area contributed by atoms with Crippen molar-refractivity contribution < 1.29 is 9.53 Å². The van der Waals surface area contributed by atoms with Crippen LogP contribution in [0.1, 0.15) is 16.9 Å². The molecule has 0 N–H and O–H groups in total. The minimum atomic E-state index is -0.00871. The van der Waals surface area contributed by atoms with E-state index >= 15 is 0 Å². The van der Waals surface area contributed by atoms with Gasteiger partial charge in [0.25, 0.3) is 0 Å². The molecule has 1 aromatic carbocycles. The van der Waals surface area contributed by atoms with Crippen LogP contribution in [0.2, 0.25) is 0 Å². The third-order valence-corrected chi connectivity index (χ3v) is 2.84. The topological polar surface area (TPSA) is 39.2 Å². The molecule has 92 valence electrons. The van der Waals surface area contributed by atoms with Gasteiger partial charge in [-0.1, -0.05) is 28.1 Å². The maximum absolute atomic E-state index is 11.8. The molecule has 0 bridgehead atoms. The monoisotopic (exact) mass is 305 g/mol. The SMILES string of the molecule is O=C(CCOc1cccc(Br)c1)c1ccccn1. The first-order chi connectivity index (χ1) is 8.75.